The Morgan fingerprint density at radius 1 is 1.00 bits per heavy atom. The Kier molecular flexibility index (Phi) is 8.05. The van der Waals surface area contributed by atoms with Gasteiger partial charge in [0.2, 0.25) is 0 Å². The number of aromatic hydroxyl groups is 1. The van der Waals surface area contributed by atoms with E-state index >= 15 is 0 Å². The van der Waals surface area contributed by atoms with E-state index in [4.69, 9.17) is 0 Å². The van der Waals surface area contributed by atoms with Crippen molar-refractivity contribution in [2.75, 3.05) is 0 Å². The highest BCUT2D eigenvalue weighted by molar-refractivity contribution is 5.94. The Morgan fingerprint density at radius 2 is 1.60 bits per heavy atom. The minimum atomic E-state index is -0.472. The van der Waals surface area contributed by atoms with Crippen molar-refractivity contribution in [1.29, 1.82) is 0 Å². The van der Waals surface area contributed by atoms with Crippen LogP contribution in [0.25, 0.3) is 5.69 Å². The van der Waals surface area contributed by atoms with E-state index in [0.717, 1.165) is 37.3 Å². The number of rotatable bonds is 3. The third-order valence-corrected chi connectivity index (χ3v) is 5.81. The van der Waals surface area contributed by atoms with Gasteiger partial charge in [-0.2, -0.15) is 9.78 Å². The Balaban J connectivity index is 1.76. The van der Waals surface area contributed by atoms with E-state index in [2.05, 4.69) is 10.4 Å². The summed E-state index contributed by atoms with van der Waals surface area (Å²) in [7, 11) is 0. The summed E-state index contributed by atoms with van der Waals surface area (Å²) in [5.41, 5.74) is 0.969. The highest BCUT2D eigenvalue weighted by atomic mass is 16.3. The number of hydrogen-bond donors (Lipinski definition) is 2. The Morgan fingerprint density at radius 3 is 2.20 bits per heavy atom. The number of hydrogen-bond acceptors (Lipinski definition) is 4. The maximum atomic E-state index is 12.9. The number of amides is 1. The molecule has 2 N–H and O–H groups in total. The van der Waals surface area contributed by atoms with Crippen LogP contribution in [-0.4, -0.2) is 26.8 Å². The molecular formula is C24H33N3O3. The lowest BCUT2D eigenvalue weighted by Gasteiger charge is -2.20. The first-order valence-electron chi connectivity index (χ1n) is 11.3. The van der Waals surface area contributed by atoms with Crippen LogP contribution in [0.15, 0.2) is 35.1 Å². The van der Waals surface area contributed by atoms with Gasteiger partial charge in [-0.3, -0.25) is 9.59 Å². The van der Waals surface area contributed by atoms with Crippen molar-refractivity contribution in [2.24, 2.45) is 0 Å². The lowest BCUT2D eigenvalue weighted by molar-refractivity contribution is 0.0921. The number of carbonyl (C=O) groups excluding carboxylic acids is 1. The molecule has 1 saturated carbocycles. The molecule has 0 aliphatic heterocycles. The maximum absolute atomic E-state index is 12.9. The molecule has 0 saturated heterocycles. The van der Waals surface area contributed by atoms with E-state index in [9.17, 15) is 14.7 Å². The molecule has 2 aromatic rings. The van der Waals surface area contributed by atoms with E-state index in [1.54, 1.807) is 6.07 Å². The summed E-state index contributed by atoms with van der Waals surface area (Å²) in [6.07, 6.45) is 12.9. The van der Waals surface area contributed by atoms with Gasteiger partial charge in [-0.05, 0) is 37.5 Å². The molecule has 1 amide bonds. The smallest absolute Gasteiger partial charge is 0.275 e. The summed E-state index contributed by atoms with van der Waals surface area (Å²) in [4.78, 5) is 25.3. The van der Waals surface area contributed by atoms with E-state index in [1.807, 2.05) is 25.1 Å². The Labute approximate surface area is 178 Å². The average Bonchev–Trinajstić information content (AvgIpc) is 2.70. The van der Waals surface area contributed by atoms with E-state index in [0.29, 0.717) is 5.69 Å². The summed E-state index contributed by atoms with van der Waals surface area (Å²) in [6, 6.07) is 8.46. The van der Waals surface area contributed by atoms with Crippen LogP contribution in [0.2, 0.25) is 0 Å². The average molecular weight is 412 g/mol. The lowest BCUT2D eigenvalue weighted by atomic mass is 9.98. The predicted octanol–water partition coefficient (Wildman–Crippen LogP) is 4.65. The first-order chi connectivity index (χ1) is 14.5. The van der Waals surface area contributed by atoms with Crippen molar-refractivity contribution in [1.82, 2.24) is 15.1 Å². The van der Waals surface area contributed by atoms with Gasteiger partial charge in [0.25, 0.3) is 11.5 Å². The Hall–Kier alpha value is -2.63. The van der Waals surface area contributed by atoms with Crippen LogP contribution < -0.4 is 10.9 Å². The first-order valence-corrected chi connectivity index (χ1v) is 11.3. The quantitative estimate of drug-likeness (QED) is 0.770. The van der Waals surface area contributed by atoms with Crippen LogP contribution >= 0.6 is 0 Å². The van der Waals surface area contributed by atoms with Crippen molar-refractivity contribution >= 4 is 5.91 Å². The topological polar surface area (TPSA) is 84.2 Å². The molecule has 3 rings (SSSR count). The molecular weight excluding hydrogens is 378 g/mol. The molecule has 0 atom stereocenters. The minimum absolute atomic E-state index is 0.0671. The number of nitrogens with zero attached hydrogens (tertiary/aromatic N) is 2. The molecule has 0 spiro atoms. The van der Waals surface area contributed by atoms with Gasteiger partial charge in [-0.15, -0.1) is 0 Å². The summed E-state index contributed by atoms with van der Waals surface area (Å²) in [5.74, 6) is -0.805. The summed E-state index contributed by atoms with van der Waals surface area (Å²) >= 11 is 0. The highest BCUT2D eigenvalue weighted by Crippen LogP contribution is 2.19. The molecule has 0 radical (unpaired) electrons. The van der Waals surface area contributed by atoms with Crippen LogP contribution in [0.3, 0.4) is 0 Å². The predicted molar refractivity (Wildman–Crippen MR) is 118 cm³/mol. The molecule has 6 nitrogen and oxygen atoms in total. The van der Waals surface area contributed by atoms with Gasteiger partial charge in [0.15, 0.2) is 11.4 Å². The molecule has 1 aliphatic rings. The van der Waals surface area contributed by atoms with Gasteiger partial charge in [0.05, 0.1) is 5.69 Å². The van der Waals surface area contributed by atoms with Crippen LogP contribution in [0.4, 0.5) is 0 Å². The zero-order chi connectivity index (χ0) is 21.3. The van der Waals surface area contributed by atoms with Crippen molar-refractivity contribution < 1.29 is 9.90 Å². The number of aromatic nitrogens is 2. The monoisotopic (exact) mass is 411 g/mol. The SMILES string of the molecule is Cc1cccc(-n2nc(C(=O)NC3CCCCCCCCCCC3)c(O)cc2=O)c1. The molecule has 1 fully saturated rings. The number of nitrogens with one attached hydrogen (secondary N) is 1. The van der Waals surface area contributed by atoms with Crippen LogP contribution in [0, 0.1) is 6.92 Å². The van der Waals surface area contributed by atoms with Gasteiger partial charge < -0.3 is 10.4 Å². The molecule has 1 aromatic heterocycles. The third-order valence-electron chi connectivity index (χ3n) is 5.81. The third kappa shape index (κ3) is 6.18. The van der Waals surface area contributed by atoms with Crippen molar-refractivity contribution in [2.45, 2.75) is 83.6 Å². The summed E-state index contributed by atoms with van der Waals surface area (Å²) in [6.45, 7) is 1.92. The normalized spacial score (nSPS) is 17.0. The molecule has 1 aromatic carbocycles. The largest absolute Gasteiger partial charge is 0.505 e. The van der Waals surface area contributed by atoms with Crippen LogP contribution in [-0.2, 0) is 0 Å². The molecule has 0 unspecified atom stereocenters. The van der Waals surface area contributed by atoms with Gasteiger partial charge in [0.1, 0.15) is 0 Å². The molecule has 6 heteroatoms. The minimum Gasteiger partial charge on any atom is -0.505 e. The van der Waals surface area contributed by atoms with Gasteiger partial charge in [-0.25, -0.2) is 0 Å². The lowest BCUT2D eigenvalue weighted by Crippen LogP contribution is -2.36. The molecule has 0 bridgehead atoms. The molecule has 162 valence electrons. The van der Waals surface area contributed by atoms with E-state index in [1.165, 1.54) is 49.6 Å². The highest BCUT2D eigenvalue weighted by Gasteiger charge is 2.20. The number of benzene rings is 1. The van der Waals surface area contributed by atoms with Crippen molar-refractivity contribution in [3.63, 3.8) is 0 Å². The number of aryl methyl sites for hydroxylation is 1. The zero-order valence-electron chi connectivity index (χ0n) is 17.9. The van der Waals surface area contributed by atoms with Gasteiger partial charge >= 0.3 is 0 Å². The number of carbonyl (C=O) groups is 1. The molecule has 1 aliphatic carbocycles. The van der Waals surface area contributed by atoms with E-state index < -0.39 is 11.5 Å². The second kappa shape index (κ2) is 11.0. The first kappa shape index (κ1) is 22.1. The Bertz CT molecular complexity index is 895. The van der Waals surface area contributed by atoms with Crippen LogP contribution in [0.5, 0.6) is 5.75 Å². The standard InChI is InChI=1S/C24H33N3O3/c1-18-12-11-15-20(16-18)27-22(29)17-21(28)23(26-27)24(30)25-19-13-9-7-5-3-2-4-6-8-10-14-19/h11-12,15-17,19,28H,2-10,13-14H2,1H3,(H,25,30). The van der Waals surface area contributed by atoms with Gasteiger partial charge in [0, 0.05) is 12.1 Å². The fourth-order valence-electron chi connectivity index (χ4n) is 4.11. The fraction of sp³-hybridized carbons (Fsp3) is 0.542. The zero-order valence-corrected chi connectivity index (χ0v) is 17.9. The second-order valence-electron chi connectivity index (χ2n) is 8.40. The second-order valence-corrected chi connectivity index (χ2v) is 8.40. The molecule has 30 heavy (non-hydrogen) atoms. The van der Waals surface area contributed by atoms with E-state index in [-0.39, 0.29) is 17.5 Å². The summed E-state index contributed by atoms with van der Waals surface area (Å²) in [5, 5.41) is 17.5. The summed E-state index contributed by atoms with van der Waals surface area (Å²) < 4.78 is 1.17. The molecule has 1 heterocycles. The maximum Gasteiger partial charge on any atom is 0.275 e. The van der Waals surface area contributed by atoms with Crippen molar-refractivity contribution in [3.05, 3.63) is 51.9 Å². The fourth-order valence-corrected chi connectivity index (χ4v) is 4.11. The van der Waals surface area contributed by atoms with Crippen LogP contribution in [0.1, 0.15) is 86.7 Å². The van der Waals surface area contributed by atoms with Gasteiger partial charge in [-0.1, -0.05) is 69.9 Å². The van der Waals surface area contributed by atoms with Crippen molar-refractivity contribution in [3.8, 4) is 11.4 Å².